The quantitative estimate of drug-likeness (QED) is 0.855. The molecule has 1 aromatic heterocycles. The molecule has 1 saturated heterocycles. The van der Waals surface area contributed by atoms with Gasteiger partial charge in [0.05, 0.1) is 6.26 Å². The van der Waals surface area contributed by atoms with Crippen molar-refractivity contribution < 1.29 is 18.4 Å². The molecule has 1 aromatic carbocycles. The van der Waals surface area contributed by atoms with Crippen LogP contribution in [-0.4, -0.2) is 35.8 Å². The lowest BCUT2D eigenvalue weighted by Gasteiger charge is -2.38. The van der Waals surface area contributed by atoms with Gasteiger partial charge in [-0.1, -0.05) is 6.07 Å². The highest BCUT2D eigenvalue weighted by atomic mass is 19.1. The lowest BCUT2D eigenvalue weighted by Crippen LogP contribution is -2.57. The van der Waals surface area contributed by atoms with Crippen molar-refractivity contribution in [3.05, 3.63) is 54.2 Å². The predicted octanol–water partition coefficient (Wildman–Crippen LogP) is 2.30. The number of carbonyl (C=O) groups is 2. The van der Waals surface area contributed by atoms with Crippen LogP contribution in [0, 0.1) is 5.82 Å². The van der Waals surface area contributed by atoms with Gasteiger partial charge >= 0.3 is 0 Å². The molecule has 5 nitrogen and oxygen atoms in total. The van der Waals surface area contributed by atoms with E-state index in [1.54, 1.807) is 31.2 Å². The van der Waals surface area contributed by atoms with Crippen LogP contribution in [0.5, 0.6) is 0 Å². The molecule has 0 saturated carbocycles. The zero-order valence-corrected chi connectivity index (χ0v) is 12.0. The molecule has 1 atom stereocenters. The topological polar surface area (TPSA) is 53.8 Å². The van der Waals surface area contributed by atoms with Gasteiger partial charge in [0.2, 0.25) is 5.91 Å². The average Bonchev–Trinajstić information content (AvgIpc) is 3.03. The predicted molar refractivity (Wildman–Crippen MR) is 78.0 cm³/mol. The zero-order chi connectivity index (χ0) is 15.7. The molecule has 0 radical (unpaired) electrons. The van der Waals surface area contributed by atoms with E-state index in [-0.39, 0.29) is 17.6 Å². The van der Waals surface area contributed by atoms with Crippen LogP contribution in [0.1, 0.15) is 17.5 Å². The van der Waals surface area contributed by atoms with Crippen molar-refractivity contribution in [3.8, 4) is 0 Å². The van der Waals surface area contributed by atoms with Crippen molar-refractivity contribution in [1.82, 2.24) is 4.90 Å². The molecule has 1 aliphatic rings. The van der Waals surface area contributed by atoms with E-state index in [9.17, 15) is 14.0 Å². The van der Waals surface area contributed by atoms with Crippen molar-refractivity contribution in [1.29, 1.82) is 0 Å². The van der Waals surface area contributed by atoms with Gasteiger partial charge in [-0.25, -0.2) is 4.39 Å². The van der Waals surface area contributed by atoms with Gasteiger partial charge in [-0.3, -0.25) is 9.59 Å². The molecule has 114 valence electrons. The lowest BCUT2D eigenvalue weighted by molar-refractivity contribution is -0.124. The second kappa shape index (κ2) is 5.63. The molecule has 1 fully saturated rings. The van der Waals surface area contributed by atoms with Gasteiger partial charge in [0.15, 0.2) is 5.76 Å². The summed E-state index contributed by atoms with van der Waals surface area (Å²) in [5, 5.41) is 0. The molecule has 2 amide bonds. The molecule has 6 heteroatoms. The molecule has 0 aliphatic carbocycles. The molecule has 0 N–H and O–H groups in total. The number of benzene rings is 1. The Hall–Kier alpha value is -2.63. The first-order valence-electron chi connectivity index (χ1n) is 6.99. The van der Waals surface area contributed by atoms with E-state index in [0.29, 0.717) is 18.8 Å². The largest absolute Gasteiger partial charge is 0.459 e. The van der Waals surface area contributed by atoms with E-state index >= 15 is 0 Å². The van der Waals surface area contributed by atoms with Crippen molar-refractivity contribution in [2.75, 3.05) is 18.0 Å². The van der Waals surface area contributed by atoms with Gasteiger partial charge in [0, 0.05) is 18.8 Å². The fourth-order valence-electron chi connectivity index (χ4n) is 2.59. The maximum Gasteiger partial charge on any atom is 0.290 e. The molecule has 22 heavy (non-hydrogen) atoms. The van der Waals surface area contributed by atoms with Crippen molar-refractivity contribution in [3.63, 3.8) is 0 Å². The molecule has 0 spiro atoms. The molecule has 2 aromatic rings. The van der Waals surface area contributed by atoms with Crippen LogP contribution >= 0.6 is 0 Å². The summed E-state index contributed by atoms with van der Waals surface area (Å²) in [5.74, 6) is -0.743. The summed E-state index contributed by atoms with van der Waals surface area (Å²) in [6.07, 6.45) is 1.42. The van der Waals surface area contributed by atoms with Gasteiger partial charge in [-0.2, -0.15) is 0 Å². The Balaban J connectivity index is 1.80. The third kappa shape index (κ3) is 2.47. The van der Waals surface area contributed by atoms with E-state index in [4.69, 9.17) is 4.42 Å². The minimum absolute atomic E-state index is 0.207. The molecule has 1 unspecified atom stereocenters. The second-order valence-corrected chi connectivity index (χ2v) is 5.12. The molecule has 1 aliphatic heterocycles. The van der Waals surface area contributed by atoms with E-state index in [1.165, 1.54) is 28.2 Å². The third-order valence-electron chi connectivity index (χ3n) is 3.77. The van der Waals surface area contributed by atoms with Gasteiger partial charge in [-0.05, 0) is 37.3 Å². The first-order valence-corrected chi connectivity index (χ1v) is 6.99. The molecule has 2 heterocycles. The minimum atomic E-state index is -0.630. The summed E-state index contributed by atoms with van der Waals surface area (Å²) < 4.78 is 18.4. The summed E-state index contributed by atoms with van der Waals surface area (Å²) in [6, 6.07) is 8.44. The first-order chi connectivity index (χ1) is 10.6. The minimum Gasteiger partial charge on any atom is -0.459 e. The second-order valence-electron chi connectivity index (χ2n) is 5.12. The van der Waals surface area contributed by atoms with Gasteiger partial charge in [0.1, 0.15) is 11.9 Å². The van der Waals surface area contributed by atoms with Crippen molar-refractivity contribution in [2.45, 2.75) is 13.0 Å². The number of hydrogen-bond donors (Lipinski definition) is 0. The number of furan rings is 1. The van der Waals surface area contributed by atoms with Crippen LogP contribution < -0.4 is 4.90 Å². The van der Waals surface area contributed by atoms with E-state index in [1.807, 2.05) is 0 Å². The third-order valence-corrected chi connectivity index (χ3v) is 3.77. The highest BCUT2D eigenvalue weighted by molar-refractivity contribution is 6.02. The normalized spacial score (nSPS) is 18.6. The van der Waals surface area contributed by atoms with Crippen molar-refractivity contribution >= 4 is 17.5 Å². The smallest absolute Gasteiger partial charge is 0.290 e. The van der Waals surface area contributed by atoms with Gasteiger partial charge < -0.3 is 14.2 Å². The van der Waals surface area contributed by atoms with Crippen LogP contribution in [-0.2, 0) is 4.79 Å². The van der Waals surface area contributed by atoms with Crippen molar-refractivity contribution in [2.24, 2.45) is 0 Å². The maximum absolute atomic E-state index is 13.3. The number of hydrogen-bond acceptors (Lipinski definition) is 3. The van der Waals surface area contributed by atoms with Crippen LogP contribution in [0.15, 0.2) is 47.1 Å². The summed E-state index contributed by atoms with van der Waals surface area (Å²) in [5.41, 5.74) is 0.502. The Bertz CT molecular complexity index is 699. The maximum atomic E-state index is 13.3. The summed E-state index contributed by atoms with van der Waals surface area (Å²) >= 11 is 0. The number of carbonyl (C=O) groups excluding carboxylic acids is 2. The van der Waals surface area contributed by atoms with Crippen LogP contribution in [0.4, 0.5) is 10.1 Å². The van der Waals surface area contributed by atoms with Gasteiger partial charge in [0.25, 0.3) is 5.91 Å². The SMILES string of the molecule is CC1C(=O)N(c2cccc(F)c2)CCN1C(=O)c1ccco1. The summed E-state index contributed by atoms with van der Waals surface area (Å²) in [7, 11) is 0. The van der Waals surface area contributed by atoms with Crippen LogP contribution in [0.2, 0.25) is 0 Å². The van der Waals surface area contributed by atoms with E-state index in [2.05, 4.69) is 0 Å². The van der Waals surface area contributed by atoms with Crippen LogP contribution in [0.25, 0.3) is 0 Å². The summed E-state index contributed by atoms with van der Waals surface area (Å²) in [4.78, 5) is 27.8. The number of halogens is 1. The average molecular weight is 302 g/mol. The van der Waals surface area contributed by atoms with E-state index in [0.717, 1.165) is 0 Å². The van der Waals surface area contributed by atoms with Gasteiger partial charge in [-0.15, -0.1) is 0 Å². The molecule has 0 bridgehead atoms. The zero-order valence-electron chi connectivity index (χ0n) is 12.0. The molecule has 3 rings (SSSR count). The van der Waals surface area contributed by atoms with E-state index < -0.39 is 11.9 Å². The Morgan fingerprint density at radius 1 is 1.27 bits per heavy atom. The number of anilines is 1. The Morgan fingerprint density at radius 3 is 2.77 bits per heavy atom. The number of nitrogens with zero attached hydrogens (tertiary/aromatic N) is 2. The highest BCUT2D eigenvalue weighted by Gasteiger charge is 2.36. The Kier molecular flexibility index (Phi) is 3.66. The standard InChI is InChI=1S/C16H15FN2O3/c1-11-15(20)19(13-5-2-4-12(17)10-13)8-7-18(11)16(21)14-6-3-9-22-14/h2-6,9-11H,7-8H2,1H3. The molecular weight excluding hydrogens is 287 g/mol. The fourth-order valence-corrected chi connectivity index (χ4v) is 2.59. The van der Waals surface area contributed by atoms with Crippen LogP contribution in [0.3, 0.4) is 0 Å². The summed E-state index contributed by atoms with van der Waals surface area (Å²) in [6.45, 7) is 2.34. The highest BCUT2D eigenvalue weighted by Crippen LogP contribution is 2.22. The monoisotopic (exact) mass is 302 g/mol. The Labute approximate surface area is 126 Å². The lowest BCUT2D eigenvalue weighted by atomic mass is 10.1. The number of piperazine rings is 1. The first kappa shape index (κ1) is 14.3. The Morgan fingerprint density at radius 2 is 2.09 bits per heavy atom. The number of amides is 2. The number of rotatable bonds is 2. The fraction of sp³-hybridized carbons (Fsp3) is 0.250. The molecular formula is C16H15FN2O3.